The number of hydrogen-bond donors (Lipinski definition) is 0. The largest absolute Gasteiger partial charge is 0.304 e. The first-order valence-corrected chi connectivity index (χ1v) is 6.67. The van der Waals surface area contributed by atoms with Crippen molar-refractivity contribution >= 4 is 23.1 Å². The smallest absolute Gasteiger partial charge is 0.283 e. The second kappa shape index (κ2) is 4.60. The number of benzene rings is 2. The van der Waals surface area contributed by atoms with Crippen molar-refractivity contribution in [3.05, 3.63) is 59.7 Å². The normalized spacial score (nSPS) is 14.1. The molecule has 0 spiro atoms. The van der Waals surface area contributed by atoms with E-state index in [-0.39, 0.29) is 0 Å². The molecule has 0 saturated carbocycles. The first-order valence-electron chi connectivity index (χ1n) is 6.67. The third-order valence-electron chi connectivity index (χ3n) is 3.60. The summed E-state index contributed by atoms with van der Waals surface area (Å²) in [6.45, 7) is 4.24. The fourth-order valence-corrected chi connectivity index (χ4v) is 2.45. The first kappa shape index (κ1) is 12.6. The van der Waals surface area contributed by atoms with Crippen molar-refractivity contribution in [2.45, 2.75) is 19.8 Å². The Kier molecular flexibility index (Phi) is 2.90. The lowest BCUT2D eigenvalue weighted by Gasteiger charge is -2.17. The molecule has 3 nitrogen and oxygen atoms in total. The Balaban J connectivity index is 2.06. The molecule has 0 N–H and O–H groups in total. The van der Waals surface area contributed by atoms with E-state index in [2.05, 4.69) is 13.8 Å². The van der Waals surface area contributed by atoms with Crippen LogP contribution in [-0.4, -0.2) is 11.7 Å². The molecule has 0 aromatic heterocycles. The molecule has 0 fully saturated rings. The summed E-state index contributed by atoms with van der Waals surface area (Å²) in [7, 11) is 0. The van der Waals surface area contributed by atoms with Crippen molar-refractivity contribution in [2.75, 3.05) is 4.90 Å². The van der Waals surface area contributed by atoms with Gasteiger partial charge in [0.15, 0.2) is 0 Å². The number of nitrogens with zero attached hydrogens (tertiary/aromatic N) is 1. The minimum atomic E-state index is -0.483. The van der Waals surface area contributed by atoms with Gasteiger partial charge in [-0.2, -0.15) is 0 Å². The van der Waals surface area contributed by atoms with E-state index in [4.69, 9.17) is 0 Å². The maximum Gasteiger partial charge on any atom is 0.304 e. The van der Waals surface area contributed by atoms with Crippen LogP contribution in [0.2, 0.25) is 0 Å². The second-order valence-corrected chi connectivity index (χ2v) is 5.23. The Morgan fingerprint density at radius 1 is 0.900 bits per heavy atom. The van der Waals surface area contributed by atoms with Gasteiger partial charge in [-0.25, -0.2) is 0 Å². The lowest BCUT2D eigenvalue weighted by Crippen LogP contribution is -2.24. The van der Waals surface area contributed by atoms with E-state index in [9.17, 15) is 9.59 Å². The van der Waals surface area contributed by atoms with Crippen molar-refractivity contribution in [2.24, 2.45) is 0 Å². The molecule has 2 aromatic rings. The van der Waals surface area contributed by atoms with Gasteiger partial charge in [0.2, 0.25) is 0 Å². The quantitative estimate of drug-likeness (QED) is 0.777. The van der Waals surface area contributed by atoms with Gasteiger partial charge in [0, 0.05) is 5.69 Å². The van der Waals surface area contributed by atoms with Crippen molar-refractivity contribution in [1.82, 2.24) is 0 Å². The molecule has 2 aromatic carbocycles. The summed E-state index contributed by atoms with van der Waals surface area (Å²) in [4.78, 5) is 25.6. The van der Waals surface area contributed by atoms with Gasteiger partial charge in [-0.1, -0.05) is 38.1 Å². The summed E-state index contributed by atoms with van der Waals surface area (Å²) in [5.74, 6) is -0.482. The van der Waals surface area contributed by atoms with Crippen LogP contribution in [0.1, 0.15) is 35.7 Å². The fraction of sp³-hybridized carbons (Fsp3) is 0.176. The Labute approximate surface area is 117 Å². The summed E-state index contributed by atoms with van der Waals surface area (Å²) in [5.41, 5.74) is 3.09. The van der Waals surface area contributed by atoms with Gasteiger partial charge in [0.25, 0.3) is 5.78 Å². The molecule has 0 saturated heterocycles. The molecule has 1 aliphatic rings. The van der Waals surface area contributed by atoms with E-state index in [0.717, 1.165) is 5.69 Å². The average molecular weight is 265 g/mol. The van der Waals surface area contributed by atoms with Crippen LogP contribution in [0.5, 0.6) is 0 Å². The van der Waals surface area contributed by atoms with Crippen LogP contribution in [-0.2, 0) is 4.79 Å². The number of ketones is 1. The van der Waals surface area contributed by atoms with Crippen LogP contribution in [0, 0.1) is 0 Å². The summed E-state index contributed by atoms with van der Waals surface area (Å²) >= 11 is 0. The van der Waals surface area contributed by atoms with Gasteiger partial charge in [0.05, 0.1) is 11.3 Å². The molecular formula is C17H15NO2. The third-order valence-corrected chi connectivity index (χ3v) is 3.60. The monoisotopic (exact) mass is 265 g/mol. The number of Topliss-reactive ketones (excluding diaryl/α,β-unsaturated/α-hetero) is 1. The molecule has 1 aliphatic heterocycles. The van der Waals surface area contributed by atoms with E-state index < -0.39 is 11.7 Å². The number of rotatable bonds is 2. The molecule has 100 valence electrons. The van der Waals surface area contributed by atoms with Crippen LogP contribution in [0.15, 0.2) is 48.5 Å². The molecule has 0 bridgehead atoms. The van der Waals surface area contributed by atoms with Gasteiger partial charge in [0.1, 0.15) is 0 Å². The van der Waals surface area contributed by atoms with Crippen LogP contribution < -0.4 is 4.90 Å². The summed E-state index contributed by atoms with van der Waals surface area (Å²) in [5, 5.41) is 0. The highest BCUT2D eigenvalue weighted by molar-refractivity contribution is 6.53. The molecule has 0 atom stereocenters. The summed E-state index contributed by atoms with van der Waals surface area (Å²) in [6.07, 6.45) is 0. The molecule has 1 heterocycles. The third kappa shape index (κ3) is 1.83. The van der Waals surface area contributed by atoms with Gasteiger partial charge >= 0.3 is 5.91 Å². The minimum Gasteiger partial charge on any atom is -0.283 e. The lowest BCUT2D eigenvalue weighted by atomic mass is 10.0. The number of carbonyl (C=O) groups is 2. The van der Waals surface area contributed by atoms with E-state index in [0.29, 0.717) is 17.2 Å². The topological polar surface area (TPSA) is 37.4 Å². The summed E-state index contributed by atoms with van der Waals surface area (Å²) < 4.78 is 0. The number of amides is 1. The Hall–Kier alpha value is -2.42. The van der Waals surface area contributed by atoms with E-state index in [1.165, 1.54) is 10.5 Å². The van der Waals surface area contributed by atoms with E-state index >= 15 is 0 Å². The minimum absolute atomic E-state index is 0.437. The average Bonchev–Trinajstić information content (AvgIpc) is 2.72. The van der Waals surface area contributed by atoms with Crippen LogP contribution in [0.4, 0.5) is 11.4 Å². The maximum atomic E-state index is 12.2. The zero-order valence-electron chi connectivity index (χ0n) is 11.5. The highest BCUT2D eigenvalue weighted by atomic mass is 16.2. The molecule has 0 aliphatic carbocycles. The maximum absolute atomic E-state index is 12.2. The van der Waals surface area contributed by atoms with E-state index in [1.807, 2.05) is 30.3 Å². The highest BCUT2D eigenvalue weighted by Crippen LogP contribution is 2.35. The Morgan fingerprint density at radius 2 is 1.55 bits per heavy atom. The Bertz CT molecular complexity index is 686. The lowest BCUT2D eigenvalue weighted by molar-refractivity contribution is -0.113. The fourth-order valence-electron chi connectivity index (χ4n) is 2.45. The zero-order valence-corrected chi connectivity index (χ0v) is 11.5. The zero-order chi connectivity index (χ0) is 14.3. The Morgan fingerprint density at radius 3 is 2.20 bits per heavy atom. The number of para-hydroxylation sites is 1. The molecule has 20 heavy (non-hydrogen) atoms. The molecular weight excluding hydrogens is 250 g/mol. The van der Waals surface area contributed by atoms with Crippen LogP contribution >= 0.6 is 0 Å². The first-order chi connectivity index (χ1) is 9.59. The van der Waals surface area contributed by atoms with Crippen LogP contribution in [0.3, 0.4) is 0 Å². The molecule has 1 amide bonds. The molecule has 0 radical (unpaired) electrons. The second-order valence-electron chi connectivity index (χ2n) is 5.23. The van der Waals surface area contributed by atoms with Crippen molar-refractivity contribution in [3.63, 3.8) is 0 Å². The van der Waals surface area contributed by atoms with Gasteiger partial charge in [-0.15, -0.1) is 0 Å². The van der Waals surface area contributed by atoms with Crippen molar-refractivity contribution in [1.29, 1.82) is 0 Å². The predicted octanol–water partition coefficient (Wildman–Crippen LogP) is 3.67. The summed E-state index contributed by atoms with van der Waals surface area (Å²) in [6, 6.07) is 14.9. The standard InChI is InChI=1S/C17H15NO2/c1-11(2)12-7-9-13(10-8-12)18-15-6-4-3-5-14(15)16(19)17(18)20/h3-11H,1-2H3. The van der Waals surface area contributed by atoms with Crippen molar-refractivity contribution in [3.8, 4) is 0 Å². The SMILES string of the molecule is CC(C)c1ccc(N2C(=O)C(=O)c3ccccc32)cc1. The molecule has 3 rings (SSSR count). The van der Waals surface area contributed by atoms with Gasteiger partial charge in [-0.3, -0.25) is 14.5 Å². The van der Waals surface area contributed by atoms with Crippen molar-refractivity contribution < 1.29 is 9.59 Å². The number of fused-ring (bicyclic) bond motifs is 1. The van der Waals surface area contributed by atoms with Crippen LogP contribution in [0.25, 0.3) is 0 Å². The van der Waals surface area contributed by atoms with Gasteiger partial charge in [-0.05, 0) is 35.7 Å². The molecule has 3 heteroatoms. The molecule has 0 unspecified atom stereocenters. The number of hydrogen-bond acceptors (Lipinski definition) is 2. The van der Waals surface area contributed by atoms with Gasteiger partial charge < -0.3 is 0 Å². The number of carbonyl (C=O) groups excluding carboxylic acids is 2. The predicted molar refractivity (Wildman–Crippen MR) is 78.4 cm³/mol. The highest BCUT2D eigenvalue weighted by Gasteiger charge is 2.36. The van der Waals surface area contributed by atoms with E-state index in [1.54, 1.807) is 18.2 Å². The number of anilines is 2.